The predicted octanol–water partition coefficient (Wildman–Crippen LogP) is 4.82. The molecule has 1 fully saturated rings. The van der Waals surface area contributed by atoms with Crippen molar-refractivity contribution in [2.75, 3.05) is 24.7 Å². The summed E-state index contributed by atoms with van der Waals surface area (Å²) in [6.45, 7) is 1.31. The topological polar surface area (TPSA) is 18.5 Å². The van der Waals surface area contributed by atoms with E-state index in [-0.39, 0.29) is 0 Å². The highest BCUT2D eigenvalue weighted by atomic mass is 32.2. The summed E-state index contributed by atoms with van der Waals surface area (Å²) in [4.78, 5) is 1.28. The maximum Gasteiger partial charge on any atom is 0.162 e. The SMILES string of the molecule is SCC1(CSc2ccc3c(c2)OCCO3)CCCCCC1. The Hall–Kier alpha value is -0.480. The zero-order valence-electron chi connectivity index (χ0n) is 12.5. The molecule has 1 aliphatic carbocycles. The van der Waals surface area contributed by atoms with Crippen molar-refractivity contribution >= 4 is 24.4 Å². The lowest BCUT2D eigenvalue weighted by Crippen LogP contribution is -2.25. The van der Waals surface area contributed by atoms with Crippen LogP contribution in [0.2, 0.25) is 0 Å². The van der Waals surface area contributed by atoms with Crippen LogP contribution in [0.3, 0.4) is 0 Å². The smallest absolute Gasteiger partial charge is 0.162 e. The minimum Gasteiger partial charge on any atom is -0.486 e. The maximum absolute atomic E-state index is 5.67. The summed E-state index contributed by atoms with van der Waals surface area (Å²) in [5.74, 6) is 3.94. The van der Waals surface area contributed by atoms with E-state index in [2.05, 4.69) is 24.8 Å². The molecular formula is C17H24O2S2. The number of ether oxygens (including phenoxy) is 2. The van der Waals surface area contributed by atoms with E-state index in [0.717, 1.165) is 23.0 Å². The molecule has 2 nitrogen and oxygen atoms in total. The van der Waals surface area contributed by atoms with Gasteiger partial charge >= 0.3 is 0 Å². The number of fused-ring (bicyclic) bond motifs is 1. The molecule has 2 aliphatic rings. The molecule has 0 amide bonds. The molecule has 21 heavy (non-hydrogen) atoms. The van der Waals surface area contributed by atoms with Crippen molar-refractivity contribution in [3.8, 4) is 11.5 Å². The molecule has 0 aromatic heterocycles. The third kappa shape index (κ3) is 3.84. The number of thioether (sulfide) groups is 1. The van der Waals surface area contributed by atoms with Crippen molar-refractivity contribution in [1.82, 2.24) is 0 Å². The lowest BCUT2D eigenvalue weighted by molar-refractivity contribution is 0.171. The highest BCUT2D eigenvalue weighted by molar-refractivity contribution is 7.99. The number of thiol groups is 1. The van der Waals surface area contributed by atoms with Gasteiger partial charge in [0.1, 0.15) is 13.2 Å². The largest absolute Gasteiger partial charge is 0.486 e. The van der Waals surface area contributed by atoms with Gasteiger partial charge in [-0.3, -0.25) is 0 Å². The molecule has 3 rings (SSSR count). The van der Waals surface area contributed by atoms with Crippen LogP contribution in [0.15, 0.2) is 23.1 Å². The van der Waals surface area contributed by atoms with Crippen molar-refractivity contribution < 1.29 is 9.47 Å². The third-order valence-electron chi connectivity index (χ3n) is 4.56. The second-order valence-corrected chi connectivity index (χ2v) is 7.53. The van der Waals surface area contributed by atoms with Crippen LogP contribution in [0.4, 0.5) is 0 Å². The zero-order valence-corrected chi connectivity index (χ0v) is 14.2. The highest BCUT2D eigenvalue weighted by Gasteiger charge is 2.29. The average molecular weight is 325 g/mol. The fourth-order valence-corrected chi connectivity index (χ4v) is 4.97. The number of benzene rings is 1. The zero-order chi connectivity index (χ0) is 14.5. The van der Waals surface area contributed by atoms with Crippen molar-refractivity contribution in [1.29, 1.82) is 0 Å². The van der Waals surface area contributed by atoms with Crippen LogP contribution in [0.5, 0.6) is 11.5 Å². The Morgan fingerprint density at radius 2 is 1.71 bits per heavy atom. The first-order chi connectivity index (χ1) is 10.3. The van der Waals surface area contributed by atoms with Crippen molar-refractivity contribution in [3.63, 3.8) is 0 Å². The highest BCUT2D eigenvalue weighted by Crippen LogP contribution is 2.42. The van der Waals surface area contributed by atoms with Gasteiger partial charge in [-0.15, -0.1) is 11.8 Å². The predicted molar refractivity (Wildman–Crippen MR) is 92.1 cm³/mol. The molecule has 1 aromatic rings. The fraction of sp³-hybridized carbons (Fsp3) is 0.647. The minimum absolute atomic E-state index is 0.414. The van der Waals surface area contributed by atoms with E-state index in [0.29, 0.717) is 18.6 Å². The summed E-state index contributed by atoms with van der Waals surface area (Å²) < 4.78 is 11.3. The fourth-order valence-electron chi connectivity index (χ4n) is 3.18. The molecular weight excluding hydrogens is 300 g/mol. The molecule has 0 saturated heterocycles. The van der Waals surface area contributed by atoms with Gasteiger partial charge in [-0.2, -0.15) is 12.6 Å². The molecule has 1 heterocycles. The van der Waals surface area contributed by atoms with Gasteiger partial charge in [-0.25, -0.2) is 0 Å². The number of rotatable bonds is 4. The van der Waals surface area contributed by atoms with E-state index in [4.69, 9.17) is 9.47 Å². The van der Waals surface area contributed by atoms with Gasteiger partial charge in [0, 0.05) is 10.6 Å². The molecule has 4 heteroatoms. The van der Waals surface area contributed by atoms with Gasteiger partial charge < -0.3 is 9.47 Å². The van der Waals surface area contributed by atoms with Crippen molar-refractivity contribution in [3.05, 3.63) is 18.2 Å². The van der Waals surface area contributed by atoms with Crippen molar-refractivity contribution in [2.24, 2.45) is 5.41 Å². The summed E-state index contributed by atoms with van der Waals surface area (Å²) in [6.07, 6.45) is 8.17. The monoisotopic (exact) mass is 324 g/mol. The maximum atomic E-state index is 5.67. The van der Waals surface area contributed by atoms with E-state index in [9.17, 15) is 0 Å². The van der Waals surface area contributed by atoms with E-state index in [1.165, 1.54) is 43.4 Å². The molecule has 1 saturated carbocycles. The van der Waals surface area contributed by atoms with Gasteiger partial charge in [-0.1, -0.05) is 25.7 Å². The van der Waals surface area contributed by atoms with Gasteiger partial charge in [0.25, 0.3) is 0 Å². The Morgan fingerprint density at radius 3 is 2.43 bits per heavy atom. The van der Waals surface area contributed by atoms with Crippen LogP contribution in [0.1, 0.15) is 38.5 Å². The number of hydrogen-bond donors (Lipinski definition) is 1. The van der Waals surface area contributed by atoms with Crippen molar-refractivity contribution in [2.45, 2.75) is 43.4 Å². The standard InChI is InChI=1S/C17H24O2S2/c20-12-17(7-3-1-2-4-8-17)13-21-14-5-6-15-16(11-14)19-10-9-18-15/h5-6,11,20H,1-4,7-10,12-13H2. The van der Waals surface area contributed by atoms with Gasteiger partial charge in [0.05, 0.1) is 0 Å². The first-order valence-corrected chi connectivity index (χ1v) is 9.56. The lowest BCUT2D eigenvalue weighted by Gasteiger charge is -2.31. The molecule has 1 aliphatic heterocycles. The van der Waals surface area contributed by atoms with Crippen LogP contribution in [-0.2, 0) is 0 Å². The van der Waals surface area contributed by atoms with E-state index in [1.807, 2.05) is 17.8 Å². The molecule has 0 spiro atoms. The van der Waals surface area contributed by atoms with E-state index < -0.39 is 0 Å². The van der Waals surface area contributed by atoms with Crippen LogP contribution in [0, 0.1) is 5.41 Å². The summed E-state index contributed by atoms with van der Waals surface area (Å²) in [6, 6.07) is 6.32. The molecule has 0 radical (unpaired) electrons. The quantitative estimate of drug-likeness (QED) is 0.486. The van der Waals surface area contributed by atoms with Gasteiger partial charge in [0.15, 0.2) is 11.5 Å². The summed E-state index contributed by atoms with van der Waals surface area (Å²) >= 11 is 6.61. The Morgan fingerprint density at radius 1 is 1.00 bits per heavy atom. The molecule has 116 valence electrons. The van der Waals surface area contributed by atoms with Crippen LogP contribution in [-0.4, -0.2) is 24.7 Å². The van der Waals surface area contributed by atoms with Gasteiger partial charge in [0.2, 0.25) is 0 Å². The normalized spacial score (nSPS) is 20.8. The average Bonchev–Trinajstić information content (AvgIpc) is 2.79. The Labute approximate surface area is 137 Å². The van der Waals surface area contributed by atoms with Crippen LogP contribution >= 0.6 is 24.4 Å². The summed E-state index contributed by atoms with van der Waals surface area (Å²) in [5, 5.41) is 0. The molecule has 0 atom stereocenters. The van der Waals surface area contributed by atoms with Gasteiger partial charge in [-0.05, 0) is 42.2 Å². The molecule has 1 aromatic carbocycles. The summed E-state index contributed by atoms with van der Waals surface area (Å²) in [5.41, 5.74) is 0.414. The second-order valence-electron chi connectivity index (χ2n) is 6.17. The second kappa shape index (κ2) is 7.19. The Bertz CT molecular complexity index is 468. The van der Waals surface area contributed by atoms with E-state index >= 15 is 0 Å². The van der Waals surface area contributed by atoms with Crippen LogP contribution < -0.4 is 9.47 Å². The van der Waals surface area contributed by atoms with Crippen LogP contribution in [0.25, 0.3) is 0 Å². The molecule has 0 unspecified atom stereocenters. The first-order valence-electron chi connectivity index (χ1n) is 7.95. The molecule has 0 bridgehead atoms. The minimum atomic E-state index is 0.414. The number of hydrogen-bond acceptors (Lipinski definition) is 4. The first kappa shape index (κ1) is 15.4. The summed E-state index contributed by atoms with van der Waals surface area (Å²) in [7, 11) is 0. The van der Waals surface area contributed by atoms with E-state index in [1.54, 1.807) is 0 Å². The molecule has 0 N–H and O–H groups in total. The Balaban J connectivity index is 1.65. The lowest BCUT2D eigenvalue weighted by atomic mass is 9.84. The Kier molecular flexibility index (Phi) is 5.28. The third-order valence-corrected chi connectivity index (χ3v) is 6.57.